The summed E-state index contributed by atoms with van der Waals surface area (Å²) in [7, 11) is -37.9. The van der Waals surface area contributed by atoms with Gasteiger partial charge in [-0.3, -0.25) is 18.2 Å². The van der Waals surface area contributed by atoms with E-state index in [2.05, 4.69) is 60.5 Å². The van der Waals surface area contributed by atoms with Gasteiger partial charge in [0.05, 0.1) is 25.9 Å². The van der Waals surface area contributed by atoms with Gasteiger partial charge in [0.25, 0.3) is 0 Å². The average molecular weight is 996 g/mol. The number of phosphoric acid groups is 6. The van der Waals surface area contributed by atoms with Crippen molar-refractivity contribution in [2.24, 2.45) is 0 Å². The molecule has 2 saturated heterocycles. The summed E-state index contributed by atoms with van der Waals surface area (Å²) >= 11 is 0. The molecular weight excluding hydrogens is 966 g/mol. The van der Waals surface area contributed by atoms with Gasteiger partial charge in [0.15, 0.2) is 35.4 Å². The highest BCUT2D eigenvalue weighted by Crippen LogP contribution is 2.75. The maximum atomic E-state index is 12.4. The van der Waals surface area contributed by atoms with Crippen LogP contribution in [-0.4, -0.2) is 139 Å². The van der Waals surface area contributed by atoms with Crippen LogP contribution in [0, 0.1) is 0 Å². The van der Waals surface area contributed by atoms with Crippen molar-refractivity contribution in [3.63, 3.8) is 0 Å². The average Bonchev–Trinajstić information content (AvgIpc) is 3.86. The number of aliphatic hydroxyl groups is 4. The summed E-state index contributed by atoms with van der Waals surface area (Å²) in [5.41, 5.74) is 11.6. The fraction of sp³-hybridized carbons (Fsp3) is 0.500. The van der Waals surface area contributed by atoms with Crippen LogP contribution in [0.3, 0.4) is 0 Å². The Morgan fingerprint density at radius 1 is 0.508 bits per heavy atom. The van der Waals surface area contributed by atoms with Crippen molar-refractivity contribution >= 4 is 80.9 Å². The maximum absolute atomic E-state index is 12.4. The minimum absolute atomic E-state index is 0.0261. The van der Waals surface area contributed by atoms with Crippen LogP contribution < -0.4 is 11.5 Å². The predicted molar refractivity (Wildman–Crippen MR) is 188 cm³/mol. The lowest BCUT2D eigenvalue weighted by Gasteiger charge is -2.22. The first-order valence-corrected chi connectivity index (χ1v) is 24.8. The van der Waals surface area contributed by atoms with Crippen LogP contribution in [0.1, 0.15) is 12.5 Å². The molecule has 2 aliphatic heterocycles. The van der Waals surface area contributed by atoms with Crippen LogP contribution in [0.5, 0.6) is 0 Å². The number of nitrogen functional groups attached to an aromatic ring is 2. The van der Waals surface area contributed by atoms with E-state index >= 15 is 0 Å². The summed E-state index contributed by atoms with van der Waals surface area (Å²) in [6.07, 6.45) is -9.40. The standard InChI is InChI=1S/C20H30N10O25P6/c21-15-9-17(25-3-23-15)29(5-27-9)19-13(33)11(31)7(49-19)1-47-56(35,36)51-58(39,40)53-60(43,44)55-61(45,46)54-59(41,42)52-57(37,38)48-2-8-12(32)14(34)20(50-8)30-6-28-10-16(22)24-4-26-18(10)30/h3-8,11-14,19-20,31-34H,1-2H2,(H,35,36)(H,37,38)(H,39,40)(H,41,42)(H,43,44)(H,45,46)(H2,21,23,25)(H2,22,24,26). The van der Waals surface area contributed by atoms with E-state index in [1.54, 1.807) is 0 Å². The molecule has 340 valence electrons. The largest absolute Gasteiger partial charge is 0.490 e. The minimum Gasteiger partial charge on any atom is -0.387 e. The topological polar surface area (TPSA) is 527 Å². The van der Waals surface area contributed by atoms with E-state index in [-0.39, 0.29) is 34.0 Å². The molecule has 2 fully saturated rings. The molecule has 0 radical (unpaired) electrons. The predicted octanol–water partition coefficient (Wildman–Crippen LogP) is -2.21. The Labute approximate surface area is 336 Å². The molecule has 0 bridgehead atoms. The second kappa shape index (κ2) is 17.4. The van der Waals surface area contributed by atoms with E-state index in [1.807, 2.05) is 0 Å². The van der Waals surface area contributed by atoms with Gasteiger partial charge < -0.3 is 70.7 Å². The van der Waals surface area contributed by atoms with Crippen molar-refractivity contribution in [1.29, 1.82) is 0 Å². The number of aromatic nitrogens is 8. The molecule has 6 heterocycles. The normalized spacial score (nSPS) is 30.6. The molecule has 0 aliphatic carbocycles. The molecule has 61 heavy (non-hydrogen) atoms. The number of imidazole rings is 2. The quantitative estimate of drug-likeness (QED) is 0.0470. The highest BCUT2D eigenvalue weighted by molar-refractivity contribution is 7.72. The lowest BCUT2D eigenvalue weighted by molar-refractivity contribution is -0.0503. The summed E-state index contributed by atoms with van der Waals surface area (Å²) in [6.45, 7) is -2.43. The Morgan fingerprint density at radius 2 is 0.820 bits per heavy atom. The zero-order valence-corrected chi connectivity index (χ0v) is 34.7. The van der Waals surface area contributed by atoms with E-state index in [1.165, 1.54) is 0 Å². The molecule has 2 aliphatic rings. The smallest absolute Gasteiger partial charge is 0.387 e. The van der Waals surface area contributed by atoms with Gasteiger partial charge in [-0.2, -0.15) is 21.6 Å². The van der Waals surface area contributed by atoms with Crippen LogP contribution in [0.4, 0.5) is 11.6 Å². The van der Waals surface area contributed by atoms with Crippen LogP contribution in [0.25, 0.3) is 22.3 Å². The van der Waals surface area contributed by atoms with Crippen molar-refractivity contribution in [1.82, 2.24) is 39.0 Å². The van der Waals surface area contributed by atoms with Gasteiger partial charge in [-0.1, -0.05) is 0 Å². The highest BCUT2D eigenvalue weighted by atomic mass is 31.3. The Hall–Kier alpha value is -2.68. The first kappa shape index (κ1) is 47.8. The molecule has 14 N–H and O–H groups in total. The second-order valence-corrected chi connectivity index (χ2v) is 21.5. The van der Waals surface area contributed by atoms with E-state index in [9.17, 15) is 77.2 Å². The summed E-state index contributed by atoms with van der Waals surface area (Å²) in [4.78, 5) is 82.2. The molecule has 0 aromatic carbocycles. The molecule has 0 spiro atoms. The summed E-state index contributed by atoms with van der Waals surface area (Å²) in [6, 6.07) is 0. The zero-order valence-electron chi connectivity index (χ0n) is 29.4. The van der Waals surface area contributed by atoms with Gasteiger partial charge in [0, 0.05) is 0 Å². The zero-order chi connectivity index (χ0) is 45.1. The molecule has 6 rings (SSSR count). The number of ether oxygens (including phenoxy) is 2. The number of hydrogen-bond acceptors (Lipinski definition) is 27. The molecule has 4 aromatic rings. The van der Waals surface area contributed by atoms with Crippen molar-refractivity contribution in [2.75, 3.05) is 24.7 Å². The number of hydrogen-bond donors (Lipinski definition) is 12. The van der Waals surface area contributed by atoms with Gasteiger partial charge >= 0.3 is 46.9 Å². The minimum atomic E-state index is -6.59. The van der Waals surface area contributed by atoms with E-state index in [0.717, 1.165) is 34.4 Å². The van der Waals surface area contributed by atoms with Gasteiger partial charge in [0.1, 0.15) is 60.3 Å². The van der Waals surface area contributed by atoms with Crippen LogP contribution in [0.15, 0.2) is 25.3 Å². The van der Waals surface area contributed by atoms with Crippen LogP contribution in [-0.2, 0) is 67.5 Å². The van der Waals surface area contributed by atoms with Crippen molar-refractivity contribution in [2.45, 2.75) is 49.1 Å². The van der Waals surface area contributed by atoms with Gasteiger partial charge in [-0.25, -0.2) is 57.3 Å². The van der Waals surface area contributed by atoms with Crippen LogP contribution >= 0.6 is 46.9 Å². The third kappa shape index (κ3) is 11.2. The molecule has 4 aromatic heterocycles. The Kier molecular flexibility index (Phi) is 13.6. The maximum Gasteiger partial charge on any atom is 0.490 e. The first-order chi connectivity index (χ1) is 28.1. The molecule has 41 heteroatoms. The number of aliphatic hydroxyl groups excluding tert-OH is 4. The number of fused-ring (bicyclic) bond motifs is 2. The van der Waals surface area contributed by atoms with Gasteiger partial charge in [-0.05, 0) is 0 Å². The lowest BCUT2D eigenvalue weighted by atomic mass is 10.1. The Morgan fingerprint density at radius 3 is 1.15 bits per heavy atom. The molecule has 14 atom stereocenters. The SMILES string of the molecule is Nc1ncnc2c1ncn2C1OC(COP(=O)(O)OP(=O)(O)OP(=O)(O)OP(=O)(O)OP(=O)(O)OP(=O)(O)OCC2OC(n3cnc4c(N)ncnc43)C(O)C2O)C(O)C1O. The molecule has 35 nitrogen and oxygen atoms in total. The van der Waals surface area contributed by atoms with E-state index in [4.69, 9.17) is 20.9 Å². The number of rotatable bonds is 18. The molecule has 0 amide bonds. The second-order valence-electron chi connectivity index (χ2n) is 12.1. The third-order valence-electron chi connectivity index (χ3n) is 7.83. The summed E-state index contributed by atoms with van der Waals surface area (Å²) < 4.78 is 114. The number of nitrogens with zero attached hydrogens (tertiary/aromatic N) is 8. The fourth-order valence-electron chi connectivity index (χ4n) is 5.40. The van der Waals surface area contributed by atoms with Crippen molar-refractivity contribution < 1.29 is 117 Å². The van der Waals surface area contributed by atoms with E-state index < -0.39 is 109 Å². The van der Waals surface area contributed by atoms with Crippen molar-refractivity contribution in [3.05, 3.63) is 25.3 Å². The molecular formula is C20H30N10O25P6. The number of phosphoric ester groups is 2. The first-order valence-electron chi connectivity index (χ1n) is 15.8. The monoisotopic (exact) mass is 996 g/mol. The van der Waals surface area contributed by atoms with Gasteiger partial charge in [0.2, 0.25) is 0 Å². The van der Waals surface area contributed by atoms with E-state index in [0.29, 0.717) is 0 Å². The number of anilines is 2. The third-order valence-corrected chi connectivity index (χ3v) is 17.0. The van der Waals surface area contributed by atoms with Gasteiger partial charge in [-0.15, -0.1) is 0 Å². The molecule has 14 unspecified atom stereocenters. The fourth-order valence-corrected chi connectivity index (χ4v) is 13.2. The summed E-state index contributed by atoms with van der Waals surface area (Å²) in [5, 5.41) is 41.8. The summed E-state index contributed by atoms with van der Waals surface area (Å²) in [5.74, 6) is -0.117. The van der Waals surface area contributed by atoms with Crippen LogP contribution in [0.2, 0.25) is 0 Å². The number of nitrogens with two attached hydrogens (primary N) is 2. The Bertz CT molecular complexity index is 2410. The van der Waals surface area contributed by atoms with Crippen molar-refractivity contribution in [3.8, 4) is 0 Å². The highest BCUT2D eigenvalue weighted by Gasteiger charge is 2.52. The Balaban J connectivity index is 0.991. The molecule has 0 saturated carbocycles. The lowest BCUT2D eigenvalue weighted by Crippen LogP contribution is -2.33.